The monoisotopic (exact) mass is 197 g/mol. The first kappa shape index (κ1) is 10.1. The van der Waals surface area contributed by atoms with Crippen LogP contribution in [0.15, 0.2) is 30.9 Å². The first-order valence-electron chi connectivity index (χ1n) is 3.82. The molecule has 0 aliphatic carbocycles. The molecule has 5 N–H and O–H groups in total. The van der Waals surface area contributed by atoms with Gasteiger partial charge in [0.1, 0.15) is 0 Å². The van der Waals surface area contributed by atoms with E-state index in [1.54, 1.807) is 18.2 Å². The minimum atomic E-state index is -0.141. The number of nitrogen functional groups attached to an aromatic ring is 1. The second kappa shape index (κ2) is 4.28. The second-order valence-electron chi connectivity index (χ2n) is 2.65. The van der Waals surface area contributed by atoms with Crippen molar-refractivity contribution < 1.29 is 0 Å². The minimum absolute atomic E-state index is 0.141. The lowest BCUT2D eigenvalue weighted by Gasteiger charge is -2.13. The summed E-state index contributed by atoms with van der Waals surface area (Å²) in [6, 6.07) is 5.13. The smallest absolute Gasteiger partial charge is 0.0658 e. The maximum absolute atomic E-state index is 5.75. The van der Waals surface area contributed by atoms with Gasteiger partial charge in [-0.1, -0.05) is 23.7 Å². The summed E-state index contributed by atoms with van der Waals surface area (Å²) in [5.41, 5.74) is 9.82. The van der Waals surface area contributed by atoms with Gasteiger partial charge in [-0.3, -0.25) is 5.84 Å². The van der Waals surface area contributed by atoms with Crippen LogP contribution in [0.25, 0.3) is 0 Å². The van der Waals surface area contributed by atoms with Gasteiger partial charge in [-0.2, -0.15) is 0 Å². The fourth-order valence-electron chi connectivity index (χ4n) is 1.11. The first-order valence-corrected chi connectivity index (χ1v) is 4.20. The predicted molar refractivity (Wildman–Crippen MR) is 56.1 cm³/mol. The Kier molecular flexibility index (Phi) is 3.31. The van der Waals surface area contributed by atoms with Crippen molar-refractivity contribution in [3.63, 3.8) is 0 Å². The summed E-state index contributed by atoms with van der Waals surface area (Å²) in [5.74, 6) is 5.31. The van der Waals surface area contributed by atoms with Crippen molar-refractivity contribution in [1.82, 2.24) is 5.43 Å². The molecule has 0 aliphatic rings. The van der Waals surface area contributed by atoms with Gasteiger partial charge in [0.2, 0.25) is 0 Å². The summed E-state index contributed by atoms with van der Waals surface area (Å²) in [6.45, 7) is 3.64. The molecule has 0 amide bonds. The summed E-state index contributed by atoms with van der Waals surface area (Å²) in [6.07, 6.45) is 1.68. The van der Waals surface area contributed by atoms with Crippen LogP contribution in [0.2, 0.25) is 5.02 Å². The molecule has 3 nitrogen and oxygen atoms in total. The fraction of sp³-hybridized carbons (Fsp3) is 0.111. The number of nitrogens with two attached hydrogens (primary N) is 2. The Hall–Kier alpha value is -1.03. The van der Waals surface area contributed by atoms with E-state index in [1.807, 2.05) is 6.07 Å². The van der Waals surface area contributed by atoms with Crippen LogP contribution in [-0.4, -0.2) is 0 Å². The van der Waals surface area contributed by atoms with Crippen LogP contribution in [0.1, 0.15) is 11.6 Å². The average molecular weight is 198 g/mol. The summed E-state index contributed by atoms with van der Waals surface area (Å²) in [5, 5.41) is 0.612. The van der Waals surface area contributed by atoms with Crippen molar-refractivity contribution in [3.8, 4) is 0 Å². The quantitative estimate of drug-likeness (QED) is 0.299. The van der Waals surface area contributed by atoms with Crippen LogP contribution in [0, 0.1) is 0 Å². The van der Waals surface area contributed by atoms with Gasteiger partial charge < -0.3 is 5.73 Å². The largest absolute Gasteiger partial charge is 0.398 e. The van der Waals surface area contributed by atoms with Crippen molar-refractivity contribution in [2.24, 2.45) is 5.84 Å². The highest BCUT2D eigenvalue weighted by Crippen LogP contribution is 2.23. The van der Waals surface area contributed by atoms with Gasteiger partial charge in [0.15, 0.2) is 0 Å². The highest BCUT2D eigenvalue weighted by molar-refractivity contribution is 6.30. The maximum atomic E-state index is 5.75. The molecule has 0 heterocycles. The van der Waals surface area contributed by atoms with Crippen LogP contribution in [0.4, 0.5) is 5.69 Å². The standard InChI is InChI=1S/C9H12ClN3/c1-2-9(13-12)7-4-3-6(10)5-8(7)11/h2-5,9,13H,1,11-12H2. The molecular formula is C9H12ClN3. The zero-order chi connectivity index (χ0) is 9.84. The van der Waals surface area contributed by atoms with E-state index >= 15 is 0 Å². The van der Waals surface area contributed by atoms with E-state index in [4.69, 9.17) is 23.2 Å². The Morgan fingerprint density at radius 3 is 2.69 bits per heavy atom. The van der Waals surface area contributed by atoms with Gasteiger partial charge in [0.25, 0.3) is 0 Å². The number of hydrazine groups is 1. The molecule has 0 aromatic heterocycles. The van der Waals surface area contributed by atoms with Crippen LogP contribution < -0.4 is 17.0 Å². The molecule has 4 heteroatoms. The number of rotatable bonds is 3. The second-order valence-corrected chi connectivity index (χ2v) is 3.09. The Balaban J connectivity index is 3.06. The number of nitrogens with one attached hydrogen (secondary N) is 1. The molecule has 0 aliphatic heterocycles. The van der Waals surface area contributed by atoms with Gasteiger partial charge in [-0.25, -0.2) is 5.43 Å². The Bertz CT molecular complexity index is 312. The van der Waals surface area contributed by atoms with E-state index in [1.165, 1.54) is 0 Å². The van der Waals surface area contributed by atoms with Crippen LogP contribution in [-0.2, 0) is 0 Å². The predicted octanol–water partition coefficient (Wildman–Crippen LogP) is 1.61. The fourth-order valence-corrected chi connectivity index (χ4v) is 1.29. The van der Waals surface area contributed by atoms with Gasteiger partial charge in [-0.15, -0.1) is 6.58 Å². The highest BCUT2D eigenvalue weighted by Gasteiger charge is 2.08. The van der Waals surface area contributed by atoms with Crippen molar-refractivity contribution in [1.29, 1.82) is 0 Å². The molecular weight excluding hydrogens is 186 g/mol. The van der Waals surface area contributed by atoms with Crippen molar-refractivity contribution in [2.75, 3.05) is 5.73 Å². The number of hydrogen-bond donors (Lipinski definition) is 3. The molecule has 0 fully saturated rings. The number of anilines is 1. The molecule has 1 atom stereocenters. The van der Waals surface area contributed by atoms with E-state index in [0.29, 0.717) is 10.7 Å². The molecule has 0 saturated heterocycles. The molecule has 0 spiro atoms. The molecule has 0 saturated carbocycles. The van der Waals surface area contributed by atoms with E-state index in [9.17, 15) is 0 Å². The van der Waals surface area contributed by atoms with Crippen LogP contribution >= 0.6 is 11.6 Å². The van der Waals surface area contributed by atoms with E-state index in [0.717, 1.165) is 5.56 Å². The molecule has 1 unspecified atom stereocenters. The van der Waals surface area contributed by atoms with Crippen LogP contribution in [0.3, 0.4) is 0 Å². The van der Waals surface area contributed by atoms with Crippen molar-refractivity contribution in [3.05, 3.63) is 41.4 Å². The normalized spacial score (nSPS) is 12.5. The third kappa shape index (κ3) is 2.21. The van der Waals surface area contributed by atoms with E-state index < -0.39 is 0 Å². The number of hydrogen-bond acceptors (Lipinski definition) is 3. The Morgan fingerprint density at radius 2 is 2.23 bits per heavy atom. The summed E-state index contributed by atoms with van der Waals surface area (Å²) in [7, 11) is 0. The third-order valence-electron chi connectivity index (χ3n) is 1.80. The molecule has 0 bridgehead atoms. The van der Waals surface area contributed by atoms with Gasteiger partial charge >= 0.3 is 0 Å². The molecule has 13 heavy (non-hydrogen) atoms. The van der Waals surface area contributed by atoms with E-state index in [-0.39, 0.29) is 6.04 Å². The van der Waals surface area contributed by atoms with Crippen LogP contribution in [0.5, 0.6) is 0 Å². The first-order chi connectivity index (χ1) is 6.19. The molecule has 70 valence electrons. The van der Waals surface area contributed by atoms with Gasteiger partial charge in [-0.05, 0) is 17.7 Å². The number of benzene rings is 1. The summed E-state index contributed by atoms with van der Waals surface area (Å²) < 4.78 is 0. The Morgan fingerprint density at radius 1 is 1.54 bits per heavy atom. The summed E-state index contributed by atoms with van der Waals surface area (Å²) >= 11 is 5.75. The lowest BCUT2D eigenvalue weighted by molar-refractivity contribution is 0.658. The molecule has 1 aromatic rings. The van der Waals surface area contributed by atoms with Crippen molar-refractivity contribution in [2.45, 2.75) is 6.04 Å². The lowest BCUT2D eigenvalue weighted by Crippen LogP contribution is -2.26. The summed E-state index contributed by atoms with van der Waals surface area (Å²) in [4.78, 5) is 0. The molecule has 1 aromatic carbocycles. The van der Waals surface area contributed by atoms with E-state index in [2.05, 4.69) is 12.0 Å². The zero-order valence-corrected chi connectivity index (χ0v) is 7.88. The van der Waals surface area contributed by atoms with Gasteiger partial charge in [0.05, 0.1) is 6.04 Å². The van der Waals surface area contributed by atoms with Gasteiger partial charge in [0, 0.05) is 10.7 Å². The lowest BCUT2D eigenvalue weighted by atomic mass is 10.1. The highest BCUT2D eigenvalue weighted by atomic mass is 35.5. The van der Waals surface area contributed by atoms with Crippen molar-refractivity contribution >= 4 is 17.3 Å². The average Bonchev–Trinajstić information content (AvgIpc) is 2.10. The maximum Gasteiger partial charge on any atom is 0.0658 e. The molecule has 0 radical (unpaired) electrons. The minimum Gasteiger partial charge on any atom is -0.398 e. The third-order valence-corrected chi connectivity index (χ3v) is 2.03. The molecule has 1 rings (SSSR count). The Labute approximate surface area is 82.3 Å². The topological polar surface area (TPSA) is 64.1 Å². The number of halogens is 1. The zero-order valence-electron chi connectivity index (χ0n) is 7.13. The SMILES string of the molecule is C=CC(NN)c1ccc(Cl)cc1N.